The summed E-state index contributed by atoms with van der Waals surface area (Å²) in [6.07, 6.45) is 7.78. The number of fused-ring (bicyclic) bond motifs is 1. The van der Waals surface area contributed by atoms with Crippen molar-refractivity contribution in [2.24, 2.45) is 5.73 Å². The van der Waals surface area contributed by atoms with Gasteiger partial charge in [0, 0.05) is 23.7 Å². The summed E-state index contributed by atoms with van der Waals surface area (Å²) in [5.74, 6) is 0.883. The van der Waals surface area contributed by atoms with Crippen LogP contribution in [-0.2, 0) is 0 Å². The van der Waals surface area contributed by atoms with Crippen LogP contribution in [0, 0.1) is 0 Å². The molecule has 0 saturated heterocycles. The SMILES string of the molecule is NC1CCCCCC1Oc1ccc2cccnc2c1. The van der Waals surface area contributed by atoms with Crippen LogP contribution >= 0.6 is 0 Å². The molecule has 100 valence electrons. The average Bonchev–Trinajstić information content (AvgIpc) is 2.64. The van der Waals surface area contributed by atoms with Gasteiger partial charge in [-0.25, -0.2) is 0 Å². The van der Waals surface area contributed by atoms with Gasteiger partial charge in [-0.05, 0) is 37.5 Å². The zero-order valence-corrected chi connectivity index (χ0v) is 11.1. The first-order valence-electron chi connectivity index (χ1n) is 7.10. The van der Waals surface area contributed by atoms with E-state index in [9.17, 15) is 0 Å². The molecule has 3 rings (SSSR count). The molecule has 3 heteroatoms. The normalized spacial score (nSPS) is 24.1. The molecular weight excluding hydrogens is 236 g/mol. The van der Waals surface area contributed by atoms with Gasteiger partial charge in [0.05, 0.1) is 5.52 Å². The molecule has 1 saturated carbocycles. The largest absolute Gasteiger partial charge is 0.489 e. The van der Waals surface area contributed by atoms with Gasteiger partial charge in [-0.1, -0.05) is 18.9 Å². The minimum atomic E-state index is 0.142. The predicted molar refractivity (Wildman–Crippen MR) is 77.2 cm³/mol. The molecule has 0 amide bonds. The first kappa shape index (κ1) is 12.4. The van der Waals surface area contributed by atoms with Crippen LogP contribution in [0.4, 0.5) is 0 Å². The van der Waals surface area contributed by atoms with Gasteiger partial charge in [-0.2, -0.15) is 0 Å². The lowest BCUT2D eigenvalue weighted by Crippen LogP contribution is -2.37. The van der Waals surface area contributed by atoms with Crippen molar-refractivity contribution in [1.82, 2.24) is 4.98 Å². The van der Waals surface area contributed by atoms with Gasteiger partial charge in [0.2, 0.25) is 0 Å². The molecule has 2 atom stereocenters. The number of nitrogens with zero attached hydrogens (tertiary/aromatic N) is 1. The molecule has 0 radical (unpaired) electrons. The number of rotatable bonds is 2. The lowest BCUT2D eigenvalue weighted by atomic mass is 10.1. The van der Waals surface area contributed by atoms with Crippen molar-refractivity contribution in [2.75, 3.05) is 0 Å². The zero-order valence-electron chi connectivity index (χ0n) is 11.1. The van der Waals surface area contributed by atoms with E-state index in [1.165, 1.54) is 19.3 Å². The predicted octanol–water partition coefficient (Wildman–Crippen LogP) is 3.27. The van der Waals surface area contributed by atoms with E-state index in [1.54, 1.807) is 0 Å². The van der Waals surface area contributed by atoms with Crippen LogP contribution in [0.25, 0.3) is 10.9 Å². The van der Waals surface area contributed by atoms with Crippen molar-refractivity contribution in [3.63, 3.8) is 0 Å². The molecule has 1 aromatic heterocycles. The maximum atomic E-state index is 6.20. The molecule has 19 heavy (non-hydrogen) atoms. The average molecular weight is 256 g/mol. The summed E-state index contributed by atoms with van der Waals surface area (Å²) in [4.78, 5) is 4.36. The Bertz CT molecular complexity index is 555. The van der Waals surface area contributed by atoms with E-state index in [0.29, 0.717) is 0 Å². The van der Waals surface area contributed by atoms with Crippen molar-refractivity contribution >= 4 is 10.9 Å². The number of ether oxygens (including phenoxy) is 1. The third-order valence-corrected chi connectivity index (χ3v) is 3.87. The van der Waals surface area contributed by atoms with E-state index in [2.05, 4.69) is 17.1 Å². The van der Waals surface area contributed by atoms with E-state index >= 15 is 0 Å². The van der Waals surface area contributed by atoms with Gasteiger partial charge in [-0.15, -0.1) is 0 Å². The van der Waals surface area contributed by atoms with Gasteiger partial charge < -0.3 is 10.5 Å². The Balaban J connectivity index is 1.80. The highest BCUT2D eigenvalue weighted by Crippen LogP contribution is 2.24. The molecule has 1 aliphatic rings. The minimum absolute atomic E-state index is 0.142. The van der Waals surface area contributed by atoms with Gasteiger partial charge in [0.1, 0.15) is 11.9 Å². The topological polar surface area (TPSA) is 48.1 Å². The number of benzene rings is 1. The quantitative estimate of drug-likeness (QED) is 0.839. The van der Waals surface area contributed by atoms with E-state index < -0.39 is 0 Å². The third-order valence-electron chi connectivity index (χ3n) is 3.87. The fourth-order valence-electron chi connectivity index (χ4n) is 2.74. The molecule has 0 bridgehead atoms. The summed E-state index contributed by atoms with van der Waals surface area (Å²) in [5.41, 5.74) is 7.17. The second-order valence-corrected chi connectivity index (χ2v) is 5.32. The monoisotopic (exact) mass is 256 g/mol. The Morgan fingerprint density at radius 2 is 2.00 bits per heavy atom. The summed E-state index contributed by atoms with van der Waals surface area (Å²) < 4.78 is 6.09. The van der Waals surface area contributed by atoms with Crippen LogP contribution in [0.2, 0.25) is 0 Å². The Morgan fingerprint density at radius 3 is 2.95 bits per heavy atom. The second kappa shape index (κ2) is 5.57. The van der Waals surface area contributed by atoms with Crippen LogP contribution in [0.1, 0.15) is 32.1 Å². The first-order valence-corrected chi connectivity index (χ1v) is 7.10. The van der Waals surface area contributed by atoms with Crippen molar-refractivity contribution < 1.29 is 4.74 Å². The Hall–Kier alpha value is -1.61. The van der Waals surface area contributed by atoms with E-state index in [1.807, 2.05) is 24.4 Å². The molecule has 1 fully saturated rings. The lowest BCUT2D eigenvalue weighted by Gasteiger charge is -2.23. The highest BCUT2D eigenvalue weighted by atomic mass is 16.5. The first-order chi connectivity index (χ1) is 9.33. The molecule has 2 unspecified atom stereocenters. The van der Waals surface area contributed by atoms with Crippen LogP contribution in [0.5, 0.6) is 5.75 Å². The van der Waals surface area contributed by atoms with Gasteiger partial charge in [0.25, 0.3) is 0 Å². The minimum Gasteiger partial charge on any atom is -0.489 e. The third kappa shape index (κ3) is 2.87. The summed E-state index contributed by atoms with van der Waals surface area (Å²) in [5, 5.41) is 1.14. The fraction of sp³-hybridized carbons (Fsp3) is 0.438. The molecule has 3 nitrogen and oxygen atoms in total. The number of hydrogen-bond donors (Lipinski definition) is 1. The Morgan fingerprint density at radius 1 is 1.11 bits per heavy atom. The van der Waals surface area contributed by atoms with Crippen LogP contribution in [0.3, 0.4) is 0 Å². The van der Waals surface area contributed by atoms with E-state index in [4.69, 9.17) is 10.5 Å². The molecule has 1 aromatic carbocycles. The van der Waals surface area contributed by atoms with Crippen molar-refractivity contribution in [2.45, 2.75) is 44.2 Å². The highest BCUT2D eigenvalue weighted by molar-refractivity contribution is 5.79. The van der Waals surface area contributed by atoms with Crippen LogP contribution in [-0.4, -0.2) is 17.1 Å². The molecule has 2 N–H and O–H groups in total. The van der Waals surface area contributed by atoms with Gasteiger partial charge in [0.15, 0.2) is 0 Å². The van der Waals surface area contributed by atoms with E-state index in [-0.39, 0.29) is 12.1 Å². The summed E-state index contributed by atoms with van der Waals surface area (Å²) in [6.45, 7) is 0. The van der Waals surface area contributed by atoms with Crippen molar-refractivity contribution in [1.29, 1.82) is 0 Å². The van der Waals surface area contributed by atoms with Crippen molar-refractivity contribution in [3.8, 4) is 5.75 Å². The Kier molecular flexibility index (Phi) is 3.65. The standard InChI is InChI=1S/C16H20N2O/c17-14-6-2-1-3-7-16(14)19-13-9-8-12-5-4-10-18-15(12)11-13/h4-5,8-11,14,16H,1-3,6-7,17H2. The molecule has 1 heterocycles. The second-order valence-electron chi connectivity index (χ2n) is 5.32. The van der Waals surface area contributed by atoms with Crippen molar-refractivity contribution in [3.05, 3.63) is 36.5 Å². The maximum Gasteiger partial charge on any atom is 0.122 e. The molecule has 0 aliphatic heterocycles. The summed E-state index contributed by atoms with van der Waals surface area (Å²) in [7, 11) is 0. The zero-order chi connectivity index (χ0) is 13.1. The highest BCUT2D eigenvalue weighted by Gasteiger charge is 2.21. The van der Waals surface area contributed by atoms with Gasteiger partial charge >= 0.3 is 0 Å². The van der Waals surface area contributed by atoms with E-state index in [0.717, 1.165) is 29.5 Å². The van der Waals surface area contributed by atoms with Crippen LogP contribution in [0.15, 0.2) is 36.5 Å². The molecular formula is C16H20N2O. The lowest BCUT2D eigenvalue weighted by molar-refractivity contribution is 0.163. The van der Waals surface area contributed by atoms with Gasteiger partial charge in [-0.3, -0.25) is 4.98 Å². The number of hydrogen-bond acceptors (Lipinski definition) is 3. The Labute approximate surface area is 113 Å². The maximum absolute atomic E-state index is 6.20. The van der Waals surface area contributed by atoms with Crippen LogP contribution < -0.4 is 10.5 Å². The molecule has 1 aliphatic carbocycles. The smallest absolute Gasteiger partial charge is 0.122 e. The number of aromatic nitrogens is 1. The number of nitrogens with two attached hydrogens (primary N) is 1. The molecule has 2 aromatic rings. The summed E-state index contributed by atoms with van der Waals surface area (Å²) >= 11 is 0. The molecule has 0 spiro atoms. The summed E-state index contributed by atoms with van der Waals surface area (Å²) in [6, 6.07) is 10.2. The fourth-order valence-corrected chi connectivity index (χ4v) is 2.74. The number of pyridine rings is 1.